The zero-order valence-corrected chi connectivity index (χ0v) is 13.9. The van der Waals surface area contributed by atoms with Crippen LogP contribution >= 0.6 is 11.8 Å². The lowest BCUT2D eigenvalue weighted by Gasteiger charge is -2.20. The van der Waals surface area contributed by atoms with Crippen LogP contribution < -0.4 is 5.32 Å². The van der Waals surface area contributed by atoms with Gasteiger partial charge in [0.2, 0.25) is 0 Å². The Morgan fingerprint density at radius 3 is 2.52 bits per heavy atom. The fourth-order valence-corrected chi connectivity index (χ4v) is 3.63. The minimum Gasteiger partial charge on any atom is -0.379 e. The molecule has 1 aromatic rings. The lowest BCUT2D eigenvalue weighted by Crippen LogP contribution is -2.47. The third-order valence-corrected chi connectivity index (χ3v) is 5.12. The van der Waals surface area contributed by atoms with Crippen LogP contribution in [-0.2, 0) is 16.6 Å². The summed E-state index contributed by atoms with van der Waals surface area (Å²) in [4.78, 5) is 12.0. The molecule has 4 heteroatoms. The van der Waals surface area contributed by atoms with Gasteiger partial charge in [0.05, 0.1) is 0 Å². The van der Waals surface area contributed by atoms with Crippen LogP contribution in [0.1, 0.15) is 38.3 Å². The Morgan fingerprint density at radius 1 is 1.33 bits per heavy atom. The second-order valence-electron chi connectivity index (χ2n) is 6.79. The van der Waals surface area contributed by atoms with Crippen LogP contribution in [0.25, 0.3) is 0 Å². The van der Waals surface area contributed by atoms with Crippen LogP contribution in [0.3, 0.4) is 0 Å². The Morgan fingerprint density at radius 2 is 2.00 bits per heavy atom. The number of hydrogen-bond donors (Lipinski definition) is 2. The van der Waals surface area contributed by atoms with Gasteiger partial charge in [-0.15, -0.1) is 0 Å². The number of thioether (sulfide) groups is 1. The Bertz CT molecular complexity index is 485. The van der Waals surface area contributed by atoms with Gasteiger partial charge in [-0.2, -0.15) is 11.8 Å². The Labute approximate surface area is 131 Å². The van der Waals surface area contributed by atoms with Gasteiger partial charge in [-0.3, -0.25) is 4.79 Å². The van der Waals surface area contributed by atoms with Crippen molar-refractivity contribution in [1.29, 1.82) is 0 Å². The van der Waals surface area contributed by atoms with Crippen molar-refractivity contribution >= 4 is 17.7 Å². The van der Waals surface area contributed by atoms with E-state index in [0.717, 1.165) is 12.2 Å². The molecule has 1 fully saturated rings. The summed E-state index contributed by atoms with van der Waals surface area (Å²) in [5.74, 6) is 1.15. The van der Waals surface area contributed by atoms with E-state index >= 15 is 0 Å². The first-order valence-corrected chi connectivity index (χ1v) is 8.65. The maximum atomic E-state index is 12.0. The molecule has 3 nitrogen and oxygen atoms in total. The van der Waals surface area contributed by atoms with Gasteiger partial charge < -0.3 is 10.4 Å². The predicted molar refractivity (Wildman–Crippen MR) is 88.7 cm³/mol. The first-order chi connectivity index (χ1) is 9.81. The largest absolute Gasteiger partial charge is 0.379 e. The summed E-state index contributed by atoms with van der Waals surface area (Å²) in [6.07, 6.45) is 1.35. The number of hydrogen-bond acceptors (Lipinski definition) is 3. The molecule has 1 amide bonds. The minimum atomic E-state index is -1.15. The molecule has 1 aromatic carbocycles. The van der Waals surface area contributed by atoms with Crippen LogP contribution in [0, 0.1) is 0 Å². The third-order valence-electron chi connectivity index (χ3n) is 3.94. The highest BCUT2D eigenvalue weighted by Gasteiger charge is 2.39. The van der Waals surface area contributed by atoms with Crippen molar-refractivity contribution in [2.45, 2.75) is 44.6 Å². The molecule has 1 aliphatic rings. The topological polar surface area (TPSA) is 49.3 Å². The van der Waals surface area contributed by atoms with Crippen molar-refractivity contribution in [3.8, 4) is 0 Å². The molecule has 0 saturated carbocycles. The fraction of sp³-hybridized carbons (Fsp3) is 0.588. The zero-order chi connectivity index (χ0) is 15.5. The number of carbonyl (C=O) groups is 1. The van der Waals surface area contributed by atoms with Crippen molar-refractivity contribution < 1.29 is 9.90 Å². The van der Waals surface area contributed by atoms with E-state index in [1.807, 2.05) is 0 Å². The Hall–Kier alpha value is -1.00. The van der Waals surface area contributed by atoms with Crippen molar-refractivity contribution in [3.63, 3.8) is 0 Å². The summed E-state index contributed by atoms with van der Waals surface area (Å²) < 4.78 is 0. The molecule has 1 aliphatic heterocycles. The molecule has 1 saturated heterocycles. The van der Waals surface area contributed by atoms with Crippen LogP contribution in [0.4, 0.5) is 0 Å². The van der Waals surface area contributed by atoms with Gasteiger partial charge >= 0.3 is 0 Å². The monoisotopic (exact) mass is 307 g/mol. The number of carbonyl (C=O) groups excluding carboxylic acids is 1. The maximum Gasteiger partial charge on any atom is 0.252 e. The first-order valence-electron chi connectivity index (χ1n) is 7.49. The quantitative estimate of drug-likeness (QED) is 0.898. The summed E-state index contributed by atoms with van der Waals surface area (Å²) in [5, 5.41) is 13.0. The van der Waals surface area contributed by atoms with E-state index in [4.69, 9.17) is 0 Å². The summed E-state index contributed by atoms with van der Waals surface area (Å²) in [6, 6.07) is 8.54. The van der Waals surface area contributed by atoms with Crippen LogP contribution in [0.2, 0.25) is 0 Å². The highest BCUT2D eigenvalue weighted by molar-refractivity contribution is 7.99. The molecule has 2 N–H and O–H groups in total. The molecule has 1 heterocycles. The van der Waals surface area contributed by atoms with Crippen LogP contribution in [-0.4, -0.2) is 34.7 Å². The molecule has 116 valence electrons. The van der Waals surface area contributed by atoms with E-state index in [2.05, 4.69) is 50.4 Å². The molecular weight excluding hydrogens is 282 g/mol. The van der Waals surface area contributed by atoms with E-state index in [9.17, 15) is 9.90 Å². The van der Waals surface area contributed by atoms with E-state index in [-0.39, 0.29) is 11.3 Å². The summed E-state index contributed by atoms with van der Waals surface area (Å²) in [7, 11) is 0. The second-order valence-corrected chi connectivity index (χ2v) is 7.89. The van der Waals surface area contributed by atoms with Crippen molar-refractivity contribution in [2.24, 2.45) is 0 Å². The molecule has 1 unspecified atom stereocenters. The normalized spacial score (nSPS) is 22.3. The number of nitrogens with one attached hydrogen (secondary N) is 1. The van der Waals surface area contributed by atoms with Gasteiger partial charge in [0.25, 0.3) is 5.91 Å². The average molecular weight is 307 g/mol. The Balaban J connectivity index is 1.82. The minimum absolute atomic E-state index is 0.163. The molecule has 21 heavy (non-hydrogen) atoms. The summed E-state index contributed by atoms with van der Waals surface area (Å²) in [6.45, 7) is 7.16. The van der Waals surface area contributed by atoms with Gasteiger partial charge in [-0.1, -0.05) is 45.0 Å². The van der Waals surface area contributed by atoms with E-state index in [1.54, 1.807) is 11.8 Å². The molecule has 2 rings (SSSR count). The standard InChI is InChI=1S/C17H25NO2S/c1-16(2,3)14-6-4-13(5-7-14)8-10-18-15(19)17(20)9-11-21-12-17/h4-7,20H,8-12H2,1-3H3,(H,18,19). The van der Waals surface area contributed by atoms with Crippen molar-refractivity contribution in [2.75, 3.05) is 18.1 Å². The molecule has 0 bridgehead atoms. The van der Waals surface area contributed by atoms with E-state index in [0.29, 0.717) is 18.7 Å². The van der Waals surface area contributed by atoms with Crippen molar-refractivity contribution in [1.82, 2.24) is 5.32 Å². The summed E-state index contributed by atoms with van der Waals surface area (Å²) in [5.41, 5.74) is 1.53. The second kappa shape index (κ2) is 6.41. The van der Waals surface area contributed by atoms with Gasteiger partial charge in [-0.25, -0.2) is 0 Å². The smallest absolute Gasteiger partial charge is 0.252 e. The SMILES string of the molecule is CC(C)(C)c1ccc(CCNC(=O)C2(O)CCSC2)cc1. The number of amides is 1. The molecular formula is C17H25NO2S. The zero-order valence-electron chi connectivity index (χ0n) is 13.1. The van der Waals surface area contributed by atoms with Gasteiger partial charge in [0, 0.05) is 12.3 Å². The Kier molecular flexibility index (Phi) is 4.99. The highest BCUT2D eigenvalue weighted by atomic mass is 32.2. The number of aliphatic hydroxyl groups is 1. The van der Waals surface area contributed by atoms with E-state index < -0.39 is 5.60 Å². The number of rotatable bonds is 4. The molecule has 0 aromatic heterocycles. The van der Waals surface area contributed by atoms with Gasteiger partial charge in [-0.05, 0) is 35.1 Å². The third kappa shape index (κ3) is 4.24. The summed E-state index contributed by atoms with van der Waals surface area (Å²) >= 11 is 1.63. The lowest BCUT2D eigenvalue weighted by molar-refractivity contribution is -0.137. The van der Waals surface area contributed by atoms with Gasteiger partial charge in [0.1, 0.15) is 0 Å². The molecule has 0 aliphatic carbocycles. The van der Waals surface area contributed by atoms with Crippen molar-refractivity contribution in [3.05, 3.63) is 35.4 Å². The molecule has 1 atom stereocenters. The fourth-order valence-electron chi connectivity index (χ4n) is 2.39. The predicted octanol–water partition coefficient (Wildman–Crippen LogP) is 2.51. The number of benzene rings is 1. The van der Waals surface area contributed by atoms with Crippen LogP contribution in [0.15, 0.2) is 24.3 Å². The van der Waals surface area contributed by atoms with Gasteiger partial charge in [0.15, 0.2) is 5.60 Å². The maximum absolute atomic E-state index is 12.0. The molecule has 0 spiro atoms. The lowest BCUT2D eigenvalue weighted by atomic mass is 9.86. The highest BCUT2D eigenvalue weighted by Crippen LogP contribution is 2.27. The van der Waals surface area contributed by atoms with E-state index in [1.165, 1.54) is 11.1 Å². The average Bonchev–Trinajstić information content (AvgIpc) is 2.86. The van der Waals surface area contributed by atoms with Crippen LogP contribution in [0.5, 0.6) is 0 Å². The molecule has 0 radical (unpaired) electrons. The first kappa shape index (κ1) is 16.4.